The number of carbonyl (C=O) groups is 2. The van der Waals surface area contributed by atoms with E-state index in [2.05, 4.69) is 4.98 Å². The SMILES string of the molecule is COc1ccc(C2C(C(=O)c3cccs3)=C(O)C(=O)N2c2nc(C)c(C)s2)cc1. The second-order valence-electron chi connectivity index (χ2n) is 6.56. The molecule has 3 aromatic rings. The van der Waals surface area contributed by atoms with Crippen molar-refractivity contribution in [2.75, 3.05) is 12.0 Å². The van der Waals surface area contributed by atoms with E-state index in [9.17, 15) is 14.7 Å². The Labute approximate surface area is 175 Å². The number of aliphatic hydroxyl groups is 1. The molecule has 0 bridgehead atoms. The number of ether oxygens (including phenoxy) is 1. The normalized spacial score (nSPS) is 16.6. The first-order chi connectivity index (χ1) is 13.9. The zero-order chi connectivity index (χ0) is 20.7. The predicted octanol–water partition coefficient (Wildman–Crippen LogP) is 4.61. The number of Topliss-reactive ketones (excluding diaryl/α,β-unsaturated/α-hetero) is 1. The maximum absolute atomic E-state index is 13.2. The maximum Gasteiger partial charge on any atom is 0.296 e. The highest BCUT2D eigenvalue weighted by Crippen LogP contribution is 2.44. The molecule has 6 nitrogen and oxygen atoms in total. The van der Waals surface area contributed by atoms with Gasteiger partial charge < -0.3 is 9.84 Å². The van der Waals surface area contributed by atoms with E-state index in [-0.39, 0.29) is 11.4 Å². The van der Waals surface area contributed by atoms with Crippen molar-refractivity contribution in [3.63, 3.8) is 0 Å². The fourth-order valence-corrected chi connectivity index (χ4v) is 4.85. The number of thiophene rings is 1. The molecule has 8 heteroatoms. The highest BCUT2D eigenvalue weighted by Gasteiger charge is 2.46. The number of nitrogens with zero attached hydrogens (tertiary/aromatic N) is 2. The van der Waals surface area contributed by atoms with E-state index < -0.39 is 17.7 Å². The fraction of sp³-hybridized carbons (Fsp3) is 0.190. The Morgan fingerprint density at radius 1 is 1.21 bits per heavy atom. The molecule has 0 aliphatic carbocycles. The number of rotatable bonds is 5. The van der Waals surface area contributed by atoms with Crippen molar-refractivity contribution in [3.05, 3.63) is 74.1 Å². The van der Waals surface area contributed by atoms with Gasteiger partial charge in [0.25, 0.3) is 5.91 Å². The molecular formula is C21H18N2O4S2. The topological polar surface area (TPSA) is 79.7 Å². The average Bonchev–Trinajstić information content (AvgIpc) is 3.42. The molecule has 0 saturated heterocycles. The second-order valence-corrected chi connectivity index (χ2v) is 8.69. The molecule has 148 valence electrons. The van der Waals surface area contributed by atoms with Crippen LogP contribution in [0.25, 0.3) is 0 Å². The zero-order valence-electron chi connectivity index (χ0n) is 16.0. The molecular weight excluding hydrogens is 408 g/mol. The lowest BCUT2D eigenvalue weighted by Gasteiger charge is -2.24. The van der Waals surface area contributed by atoms with Crippen LogP contribution in [0.1, 0.15) is 31.8 Å². The van der Waals surface area contributed by atoms with E-state index in [1.165, 1.54) is 27.6 Å². The number of hydrogen-bond acceptors (Lipinski definition) is 7. The van der Waals surface area contributed by atoms with E-state index in [1.54, 1.807) is 48.9 Å². The third-order valence-corrected chi connectivity index (χ3v) is 6.79. The summed E-state index contributed by atoms with van der Waals surface area (Å²) in [6, 6.07) is 9.78. The van der Waals surface area contributed by atoms with Crippen LogP contribution >= 0.6 is 22.7 Å². The lowest BCUT2D eigenvalue weighted by molar-refractivity contribution is -0.117. The highest BCUT2D eigenvalue weighted by atomic mass is 32.1. The lowest BCUT2D eigenvalue weighted by atomic mass is 9.95. The molecule has 0 fully saturated rings. The molecule has 4 rings (SSSR count). The van der Waals surface area contributed by atoms with E-state index in [1.807, 2.05) is 13.8 Å². The Hall–Kier alpha value is -2.97. The summed E-state index contributed by atoms with van der Waals surface area (Å²) >= 11 is 2.63. The minimum absolute atomic E-state index is 0.0631. The van der Waals surface area contributed by atoms with Gasteiger partial charge in [0.05, 0.1) is 29.3 Å². The van der Waals surface area contributed by atoms with Crippen LogP contribution in [0.5, 0.6) is 5.75 Å². The zero-order valence-corrected chi connectivity index (χ0v) is 17.6. The number of aryl methyl sites for hydroxylation is 2. The first-order valence-corrected chi connectivity index (χ1v) is 10.5. The third kappa shape index (κ3) is 3.24. The van der Waals surface area contributed by atoms with Crippen molar-refractivity contribution in [1.82, 2.24) is 4.98 Å². The first-order valence-electron chi connectivity index (χ1n) is 8.85. The summed E-state index contributed by atoms with van der Waals surface area (Å²) in [6.45, 7) is 3.79. The van der Waals surface area contributed by atoms with Crippen LogP contribution in [0.4, 0.5) is 5.13 Å². The number of ketones is 1. The van der Waals surface area contributed by atoms with Crippen LogP contribution in [0.15, 0.2) is 53.1 Å². The summed E-state index contributed by atoms with van der Waals surface area (Å²) in [5.74, 6) is -0.863. The molecule has 0 radical (unpaired) electrons. The van der Waals surface area contributed by atoms with Crippen molar-refractivity contribution in [2.45, 2.75) is 19.9 Å². The highest BCUT2D eigenvalue weighted by molar-refractivity contribution is 7.16. The van der Waals surface area contributed by atoms with Crippen LogP contribution in [0, 0.1) is 13.8 Å². The van der Waals surface area contributed by atoms with Crippen LogP contribution in [-0.4, -0.2) is 28.9 Å². The van der Waals surface area contributed by atoms with E-state index in [0.717, 1.165) is 10.6 Å². The first kappa shape index (κ1) is 19.4. The molecule has 29 heavy (non-hydrogen) atoms. The fourth-order valence-electron chi connectivity index (χ4n) is 3.24. The van der Waals surface area contributed by atoms with Crippen LogP contribution in [-0.2, 0) is 4.79 Å². The monoisotopic (exact) mass is 426 g/mol. The predicted molar refractivity (Wildman–Crippen MR) is 113 cm³/mol. The van der Waals surface area contributed by atoms with E-state index in [0.29, 0.717) is 21.3 Å². The van der Waals surface area contributed by atoms with Crippen molar-refractivity contribution >= 4 is 39.5 Å². The number of aliphatic hydroxyl groups excluding tert-OH is 1. The van der Waals surface area contributed by atoms with Gasteiger partial charge in [0.15, 0.2) is 10.9 Å². The summed E-state index contributed by atoms with van der Waals surface area (Å²) in [5, 5.41) is 12.9. The van der Waals surface area contributed by atoms with Gasteiger partial charge in [-0.3, -0.25) is 14.5 Å². The van der Waals surface area contributed by atoms with Gasteiger partial charge in [-0.25, -0.2) is 4.98 Å². The van der Waals surface area contributed by atoms with Gasteiger partial charge in [-0.15, -0.1) is 22.7 Å². The maximum atomic E-state index is 13.2. The molecule has 3 heterocycles. The third-order valence-electron chi connectivity index (χ3n) is 4.85. The molecule has 1 aliphatic rings. The van der Waals surface area contributed by atoms with Gasteiger partial charge in [0.2, 0.25) is 5.78 Å². The molecule has 0 spiro atoms. The molecule has 1 aliphatic heterocycles. The number of hydrogen-bond donors (Lipinski definition) is 1. The van der Waals surface area contributed by atoms with Crippen molar-refractivity contribution < 1.29 is 19.4 Å². The van der Waals surface area contributed by atoms with Gasteiger partial charge in [0, 0.05) is 4.88 Å². The lowest BCUT2D eigenvalue weighted by Crippen LogP contribution is -2.31. The van der Waals surface area contributed by atoms with Crippen LogP contribution < -0.4 is 9.64 Å². The summed E-state index contributed by atoms with van der Waals surface area (Å²) in [6.07, 6.45) is 0. The van der Waals surface area contributed by atoms with Gasteiger partial charge in [-0.2, -0.15) is 0 Å². The standard InChI is InChI=1S/C21H18N2O4S2/c1-11-12(2)29-21(22-11)23-17(13-6-8-14(27-3)9-7-13)16(19(25)20(23)26)18(24)15-5-4-10-28-15/h4-10,17,25H,1-3H3. The van der Waals surface area contributed by atoms with Gasteiger partial charge in [-0.1, -0.05) is 18.2 Å². The second kappa shape index (κ2) is 7.46. The Bertz CT molecular complexity index is 1090. The molecule has 2 aromatic heterocycles. The van der Waals surface area contributed by atoms with E-state index >= 15 is 0 Å². The number of aromatic nitrogens is 1. The van der Waals surface area contributed by atoms with Crippen LogP contribution in [0.2, 0.25) is 0 Å². The Morgan fingerprint density at radius 2 is 1.93 bits per heavy atom. The minimum atomic E-state index is -0.770. The van der Waals surface area contributed by atoms with Gasteiger partial charge >= 0.3 is 0 Å². The van der Waals surface area contributed by atoms with Crippen molar-refractivity contribution in [1.29, 1.82) is 0 Å². The summed E-state index contributed by atoms with van der Waals surface area (Å²) in [7, 11) is 1.57. The number of methoxy groups -OCH3 is 1. The number of amides is 1. The van der Waals surface area contributed by atoms with Gasteiger partial charge in [0.1, 0.15) is 5.75 Å². The molecule has 0 saturated carbocycles. The number of thiazole rings is 1. The van der Waals surface area contributed by atoms with Crippen molar-refractivity contribution in [2.24, 2.45) is 0 Å². The Kier molecular flexibility index (Phi) is 4.97. The van der Waals surface area contributed by atoms with E-state index in [4.69, 9.17) is 4.74 Å². The average molecular weight is 427 g/mol. The smallest absolute Gasteiger partial charge is 0.296 e. The summed E-state index contributed by atoms with van der Waals surface area (Å²) in [5.41, 5.74) is 1.56. The summed E-state index contributed by atoms with van der Waals surface area (Å²) < 4.78 is 5.22. The number of carbonyl (C=O) groups excluding carboxylic acids is 2. The van der Waals surface area contributed by atoms with Crippen molar-refractivity contribution in [3.8, 4) is 5.75 Å². The molecule has 1 unspecified atom stereocenters. The quantitative estimate of drug-likeness (QED) is 0.603. The minimum Gasteiger partial charge on any atom is -0.503 e. The molecule has 1 aromatic carbocycles. The molecule has 1 atom stereocenters. The van der Waals surface area contributed by atoms with Crippen LogP contribution in [0.3, 0.4) is 0 Å². The molecule has 1 N–H and O–H groups in total. The Morgan fingerprint density at radius 3 is 2.48 bits per heavy atom. The largest absolute Gasteiger partial charge is 0.503 e. The number of anilines is 1. The van der Waals surface area contributed by atoms with Gasteiger partial charge in [-0.05, 0) is 43.0 Å². The molecule has 1 amide bonds. The summed E-state index contributed by atoms with van der Waals surface area (Å²) in [4.78, 5) is 33.6. The Balaban J connectivity index is 1.87. The number of benzene rings is 1.